The number of rotatable bonds is 3. The molecule has 3 heteroatoms. The maximum Gasteiger partial charge on any atom is 0.222 e. The van der Waals surface area contributed by atoms with Crippen molar-refractivity contribution in [3.8, 4) is 0 Å². The fourth-order valence-corrected chi connectivity index (χ4v) is 2.31. The van der Waals surface area contributed by atoms with E-state index in [9.17, 15) is 4.79 Å². The maximum atomic E-state index is 11.8. The minimum Gasteiger partial charge on any atom is -0.339 e. The fraction of sp³-hybridized carbons (Fsp3) is 0.750. The summed E-state index contributed by atoms with van der Waals surface area (Å²) in [6, 6.07) is 0. The lowest BCUT2D eigenvalue weighted by molar-refractivity contribution is -0.131. The smallest absolute Gasteiger partial charge is 0.222 e. The summed E-state index contributed by atoms with van der Waals surface area (Å²) in [7, 11) is 0. The second-order valence-electron chi connectivity index (χ2n) is 4.50. The van der Waals surface area contributed by atoms with Crippen LogP contribution in [0.1, 0.15) is 25.7 Å². The molecule has 0 aromatic heterocycles. The van der Waals surface area contributed by atoms with Crippen molar-refractivity contribution in [2.75, 3.05) is 26.2 Å². The van der Waals surface area contributed by atoms with Crippen molar-refractivity contribution in [1.29, 1.82) is 0 Å². The third-order valence-corrected chi connectivity index (χ3v) is 3.34. The molecule has 2 aliphatic heterocycles. The summed E-state index contributed by atoms with van der Waals surface area (Å²) in [5.41, 5.74) is 0. The van der Waals surface area contributed by atoms with E-state index in [1.807, 2.05) is 4.90 Å². The molecule has 0 bridgehead atoms. The SMILES string of the molecule is O=C(CCC1CCNC1)N1CC=CCC1. The van der Waals surface area contributed by atoms with Crippen LogP contribution in [0.25, 0.3) is 0 Å². The Kier molecular flexibility index (Phi) is 3.78. The Morgan fingerprint density at radius 3 is 3.07 bits per heavy atom. The molecule has 2 heterocycles. The largest absolute Gasteiger partial charge is 0.339 e. The van der Waals surface area contributed by atoms with E-state index in [1.54, 1.807) is 0 Å². The van der Waals surface area contributed by atoms with Gasteiger partial charge in [-0.1, -0.05) is 12.2 Å². The molecule has 1 atom stereocenters. The Hall–Kier alpha value is -0.830. The summed E-state index contributed by atoms with van der Waals surface area (Å²) >= 11 is 0. The molecule has 84 valence electrons. The highest BCUT2D eigenvalue weighted by molar-refractivity contribution is 5.76. The van der Waals surface area contributed by atoms with Crippen molar-refractivity contribution in [2.45, 2.75) is 25.7 Å². The zero-order valence-corrected chi connectivity index (χ0v) is 9.24. The van der Waals surface area contributed by atoms with E-state index in [0.717, 1.165) is 51.4 Å². The van der Waals surface area contributed by atoms with Crippen molar-refractivity contribution in [3.63, 3.8) is 0 Å². The molecule has 1 N–H and O–H groups in total. The summed E-state index contributed by atoms with van der Waals surface area (Å²) in [4.78, 5) is 13.8. The number of hydrogen-bond acceptors (Lipinski definition) is 2. The van der Waals surface area contributed by atoms with Crippen LogP contribution < -0.4 is 5.32 Å². The van der Waals surface area contributed by atoms with Gasteiger partial charge in [-0.3, -0.25) is 4.79 Å². The van der Waals surface area contributed by atoms with Gasteiger partial charge in [0.15, 0.2) is 0 Å². The quantitative estimate of drug-likeness (QED) is 0.706. The number of carbonyl (C=O) groups is 1. The van der Waals surface area contributed by atoms with Gasteiger partial charge in [-0.05, 0) is 38.3 Å². The van der Waals surface area contributed by atoms with Crippen LogP contribution in [0.15, 0.2) is 12.2 Å². The average molecular weight is 208 g/mol. The van der Waals surface area contributed by atoms with Gasteiger partial charge in [0.2, 0.25) is 5.91 Å². The van der Waals surface area contributed by atoms with E-state index >= 15 is 0 Å². The van der Waals surface area contributed by atoms with Crippen LogP contribution in [-0.2, 0) is 4.79 Å². The van der Waals surface area contributed by atoms with Crippen LogP contribution in [0.4, 0.5) is 0 Å². The number of carbonyl (C=O) groups excluding carboxylic acids is 1. The molecular weight excluding hydrogens is 188 g/mol. The molecule has 2 aliphatic rings. The van der Waals surface area contributed by atoms with Crippen LogP contribution >= 0.6 is 0 Å². The van der Waals surface area contributed by atoms with E-state index in [2.05, 4.69) is 17.5 Å². The topological polar surface area (TPSA) is 32.3 Å². The molecular formula is C12H20N2O. The molecule has 1 fully saturated rings. The highest BCUT2D eigenvalue weighted by atomic mass is 16.2. The van der Waals surface area contributed by atoms with Gasteiger partial charge in [0.1, 0.15) is 0 Å². The summed E-state index contributed by atoms with van der Waals surface area (Å²) in [5, 5.41) is 3.34. The van der Waals surface area contributed by atoms with Crippen LogP contribution in [0.2, 0.25) is 0 Å². The van der Waals surface area contributed by atoms with Crippen molar-refractivity contribution in [3.05, 3.63) is 12.2 Å². The van der Waals surface area contributed by atoms with Gasteiger partial charge in [0.05, 0.1) is 0 Å². The molecule has 0 radical (unpaired) electrons. The predicted molar refractivity (Wildman–Crippen MR) is 60.5 cm³/mol. The third kappa shape index (κ3) is 3.06. The zero-order chi connectivity index (χ0) is 10.5. The Balaban J connectivity index is 1.69. The van der Waals surface area contributed by atoms with E-state index < -0.39 is 0 Å². The highest BCUT2D eigenvalue weighted by Crippen LogP contribution is 2.15. The van der Waals surface area contributed by atoms with Gasteiger partial charge in [-0.15, -0.1) is 0 Å². The van der Waals surface area contributed by atoms with E-state index in [-0.39, 0.29) is 0 Å². The summed E-state index contributed by atoms with van der Waals surface area (Å²) in [5.74, 6) is 1.07. The number of nitrogens with zero attached hydrogens (tertiary/aromatic N) is 1. The van der Waals surface area contributed by atoms with Gasteiger partial charge in [-0.25, -0.2) is 0 Å². The minimum atomic E-state index is 0.339. The molecule has 1 amide bonds. The molecule has 3 nitrogen and oxygen atoms in total. The molecule has 1 unspecified atom stereocenters. The van der Waals surface area contributed by atoms with Crippen molar-refractivity contribution >= 4 is 5.91 Å². The first-order chi connectivity index (χ1) is 7.36. The highest BCUT2D eigenvalue weighted by Gasteiger charge is 2.18. The monoisotopic (exact) mass is 208 g/mol. The Morgan fingerprint density at radius 1 is 1.47 bits per heavy atom. The third-order valence-electron chi connectivity index (χ3n) is 3.34. The van der Waals surface area contributed by atoms with E-state index in [1.165, 1.54) is 6.42 Å². The van der Waals surface area contributed by atoms with E-state index in [4.69, 9.17) is 0 Å². The molecule has 0 aromatic rings. The molecule has 1 saturated heterocycles. The predicted octanol–water partition coefficient (Wildman–Crippen LogP) is 1.16. The lowest BCUT2D eigenvalue weighted by atomic mass is 10.0. The van der Waals surface area contributed by atoms with Crippen molar-refractivity contribution in [2.24, 2.45) is 5.92 Å². The first kappa shape index (κ1) is 10.7. The molecule has 2 rings (SSSR count). The normalized spacial score (nSPS) is 25.9. The fourth-order valence-electron chi connectivity index (χ4n) is 2.31. The summed E-state index contributed by atoms with van der Waals surface area (Å²) < 4.78 is 0. The molecule has 0 saturated carbocycles. The second-order valence-corrected chi connectivity index (χ2v) is 4.50. The van der Waals surface area contributed by atoms with Gasteiger partial charge in [0.25, 0.3) is 0 Å². The van der Waals surface area contributed by atoms with Crippen LogP contribution in [-0.4, -0.2) is 37.0 Å². The number of amides is 1. The van der Waals surface area contributed by atoms with Crippen molar-refractivity contribution < 1.29 is 4.79 Å². The Bertz CT molecular complexity index is 244. The Labute approximate surface area is 91.5 Å². The second kappa shape index (κ2) is 5.31. The molecule has 15 heavy (non-hydrogen) atoms. The lowest BCUT2D eigenvalue weighted by Gasteiger charge is -2.23. The van der Waals surface area contributed by atoms with E-state index in [0.29, 0.717) is 5.91 Å². The summed E-state index contributed by atoms with van der Waals surface area (Å²) in [6.45, 7) is 3.97. The van der Waals surface area contributed by atoms with Gasteiger partial charge in [0, 0.05) is 19.5 Å². The summed E-state index contributed by atoms with van der Waals surface area (Å²) in [6.07, 6.45) is 8.32. The number of nitrogens with one attached hydrogen (secondary N) is 1. The van der Waals surface area contributed by atoms with Gasteiger partial charge in [-0.2, -0.15) is 0 Å². The molecule has 0 spiro atoms. The molecule has 0 aromatic carbocycles. The number of hydrogen-bond donors (Lipinski definition) is 1. The van der Waals surface area contributed by atoms with Crippen LogP contribution in [0, 0.1) is 5.92 Å². The Morgan fingerprint density at radius 2 is 2.40 bits per heavy atom. The van der Waals surface area contributed by atoms with Gasteiger partial charge < -0.3 is 10.2 Å². The standard InChI is InChI=1S/C12H20N2O/c15-12(14-8-2-1-3-9-14)5-4-11-6-7-13-10-11/h1-2,11,13H,3-10H2. The first-order valence-corrected chi connectivity index (χ1v) is 6.00. The first-order valence-electron chi connectivity index (χ1n) is 6.00. The van der Waals surface area contributed by atoms with Crippen LogP contribution in [0.5, 0.6) is 0 Å². The van der Waals surface area contributed by atoms with Crippen molar-refractivity contribution in [1.82, 2.24) is 10.2 Å². The minimum absolute atomic E-state index is 0.339. The zero-order valence-electron chi connectivity index (χ0n) is 9.24. The maximum absolute atomic E-state index is 11.8. The average Bonchev–Trinajstić information content (AvgIpc) is 2.80. The lowest BCUT2D eigenvalue weighted by Crippen LogP contribution is -2.33. The van der Waals surface area contributed by atoms with Crippen LogP contribution in [0.3, 0.4) is 0 Å². The van der Waals surface area contributed by atoms with Gasteiger partial charge >= 0.3 is 0 Å². The molecule has 0 aliphatic carbocycles.